The summed E-state index contributed by atoms with van der Waals surface area (Å²) in [6.45, 7) is 13.1. The predicted octanol–water partition coefficient (Wildman–Crippen LogP) is 1.86. The molecule has 8 nitrogen and oxygen atoms in total. The summed E-state index contributed by atoms with van der Waals surface area (Å²) < 4.78 is 10.6. The van der Waals surface area contributed by atoms with Crippen molar-refractivity contribution in [3.05, 3.63) is 0 Å². The summed E-state index contributed by atoms with van der Waals surface area (Å²) in [6.07, 6.45) is 0.944. The lowest BCUT2D eigenvalue weighted by Crippen LogP contribution is -2.43. The molecule has 2 fully saturated rings. The summed E-state index contributed by atoms with van der Waals surface area (Å²) in [5, 5.41) is 0. The smallest absolute Gasteiger partial charge is 0.322 e. The Balaban J connectivity index is 1.89. The Morgan fingerprint density at radius 2 is 0.967 bits per heavy atom. The molecule has 8 heteroatoms. The molecule has 0 aromatic heterocycles. The van der Waals surface area contributed by atoms with E-state index < -0.39 is 22.8 Å². The third kappa shape index (κ3) is 4.05. The molecule has 2 amide bonds. The SMILES string of the molecule is CCN(CC)C(=O)C1(C(=O)OCCOC(=O)C2(C(=O)N(CC)CC)CC2C)CC1C. The monoisotopic (exact) mass is 424 g/mol. The van der Waals surface area contributed by atoms with Gasteiger partial charge in [0, 0.05) is 26.2 Å². The van der Waals surface area contributed by atoms with Gasteiger partial charge in [0.05, 0.1) is 0 Å². The van der Waals surface area contributed by atoms with Gasteiger partial charge in [-0.05, 0) is 52.4 Å². The van der Waals surface area contributed by atoms with Gasteiger partial charge in [-0.1, -0.05) is 13.8 Å². The largest absolute Gasteiger partial charge is 0.461 e. The summed E-state index contributed by atoms with van der Waals surface area (Å²) >= 11 is 0. The molecule has 4 atom stereocenters. The van der Waals surface area contributed by atoms with Gasteiger partial charge in [0.15, 0.2) is 0 Å². The van der Waals surface area contributed by atoms with Crippen molar-refractivity contribution in [1.82, 2.24) is 9.80 Å². The highest BCUT2D eigenvalue weighted by Gasteiger charge is 2.66. The number of esters is 2. The minimum Gasteiger partial charge on any atom is -0.461 e. The van der Waals surface area contributed by atoms with Crippen LogP contribution >= 0.6 is 0 Å². The maximum absolute atomic E-state index is 12.8. The average Bonchev–Trinajstić information content (AvgIpc) is 3.61. The number of ether oxygens (including phenoxy) is 2. The first kappa shape index (κ1) is 24.2. The molecular weight excluding hydrogens is 388 g/mol. The van der Waals surface area contributed by atoms with Crippen LogP contribution in [0, 0.1) is 22.7 Å². The van der Waals surface area contributed by atoms with Crippen molar-refractivity contribution < 1.29 is 28.7 Å². The number of carbonyl (C=O) groups excluding carboxylic acids is 4. The highest BCUT2D eigenvalue weighted by molar-refractivity contribution is 6.07. The van der Waals surface area contributed by atoms with Crippen LogP contribution in [0.1, 0.15) is 54.4 Å². The van der Waals surface area contributed by atoms with Crippen LogP contribution in [0.3, 0.4) is 0 Å². The highest BCUT2D eigenvalue weighted by atomic mass is 16.6. The maximum Gasteiger partial charge on any atom is 0.322 e. The number of hydrogen-bond acceptors (Lipinski definition) is 6. The van der Waals surface area contributed by atoms with Gasteiger partial charge < -0.3 is 19.3 Å². The predicted molar refractivity (Wildman–Crippen MR) is 110 cm³/mol. The van der Waals surface area contributed by atoms with Crippen molar-refractivity contribution in [1.29, 1.82) is 0 Å². The number of hydrogen-bond donors (Lipinski definition) is 0. The standard InChI is InChI=1S/C22H36N2O6/c1-7-23(8-2)17(25)21(13-15(21)5)19(27)29-11-12-30-20(28)22(14-16(22)6)18(26)24(9-3)10-4/h15-16H,7-14H2,1-6H3. The molecule has 2 aliphatic rings. The van der Waals surface area contributed by atoms with E-state index in [0.717, 1.165) is 0 Å². The fraction of sp³-hybridized carbons (Fsp3) is 0.818. The quantitative estimate of drug-likeness (QED) is 0.286. The van der Waals surface area contributed by atoms with E-state index in [4.69, 9.17) is 9.47 Å². The summed E-state index contributed by atoms with van der Waals surface area (Å²) in [4.78, 5) is 54.0. The van der Waals surface area contributed by atoms with Crippen LogP contribution in [-0.2, 0) is 28.7 Å². The average molecular weight is 425 g/mol. The molecule has 30 heavy (non-hydrogen) atoms. The third-order valence-corrected chi connectivity index (χ3v) is 6.76. The molecule has 0 radical (unpaired) electrons. The van der Waals surface area contributed by atoms with E-state index in [1.54, 1.807) is 9.80 Å². The molecule has 170 valence electrons. The van der Waals surface area contributed by atoms with Gasteiger partial charge in [0.2, 0.25) is 11.8 Å². The van der Waals surface area contributed by atoms with Gasteiger partial charge in [-0.15, -0.1) is 0 Å². The van der Waals surface area contributed by atoms with Crippen molar-refractivity contribution in [2.75, 3.05) is 39.4 Å². The van der Waals surface area contributed by atoms with Crippen LogP contribution in [0.4, 0.5) is 0 Å². The van der Waals surface area contributed by atoms with E-state index in [0.29, 0.717) is 39.0 Å². The van der Waals surface area contributed by atoms with Crippen LogP contribution in [0.2, 0.25) is 0 Å². The fourth-order valence-electron chi connectivity index (χ4n) is 4.30. The Hall–Kier alpha value is -2.12. The van der Waals surface area contributed by atoms with Crippen LogP contribution in [0.5, 0.6) is 0 Å². The zero-order valence-corrected chi connectivity index (χ0v) is 19.2. The molecule has 0 heterocycles. The molecule has 0 saturated heterocycles. The van der Waals surface area contributed by atoms with Crippen LogP contribution in [0.15, 0.2) is 0 Å². The molecule has 2 rings (SSSR count). The summed E-state index contributed by atoms with van der Waals surface area (Å²) in [6, 6.07) is 0. The molecule has 0 bridgehead atoms. The van der Waals surface area contributed by atoms with E-state index in [9.17, 15) is 19.2 Å². The molecule has 0 N–H and O–H groups in total. The van der Waals surface area contributed by atoms with E-state index >= 15 is 0 Å². The molecule has 0 spiro atoms. The number of amides is 2. The van der Waals surface area contributed by atoms with E-state index in [1.807, 2.05) is 41.5 Å². The van der Waals surface area contributed by atoms with E-state index in [-0.39, 0.29) is 36.9 Å². The molecule has 0 aromatic rings. The van der Waals surface area contributed by atoms with Gasteiger partial charge >= 0.3 is 11.9 Å². The highest BCUT2D eigenvalue weighted by Crippen LogP contribution is 2.55. The van der Waals surface area contributed by atoms with Gasteiger partial charge in [-0.3, -0.25) is 19.2 Å². The molecule has 2 aliphatic carbocycles. The third-order valence-electron chi connectivity index (χ3n) is 6.76. The first-order valence-electron chi connectivity index (χ1n) is 11.1. The van der Waals surface area contributed by atoms with Crippen LogP contribution < -0.4 is 0 Å². The van der Waals surface area contributed by atoms with Crippen molar-refractivity contribution in [2.45, 2.75) is 54.4 Å². The van der Waals surface area contributed by atoms with E-state index in [2.05, 4.69) is 0 Å². The molecule has 2 saturated carbocycles. The Morgan fingerprint density at radius 3 is 1.17 bits per heavy atom. The summed E-state index contributed by atoms with van der Waals surface area (Å²) in [5.74, 6) is -1.64. The number of carbonyl (C=O) groups is 4. The normalized spacial score (nSPS) is 29.0. The van der Waals surface area contributed by atoms with Crippen LogP contribution in [-0.4, -0.2) is 72.9 Å². The van der Waals surface area contributed by atoms with Crippen molar-refractivity contribution in [3.63, 3.8) is 0 Å². The minimum absolute atomic E-state index is 0.0667. The Kier molecular flexibility index (Phi) is 7.53. The Labute approximate surface area is 179 Å². The first-order valence-corrected chi connectivity index (χ1v) is 11.1. The topological polar surface area (TPSA) is 93.2 Å². The lowest BCUT2D eigenvalue weighted by atomic mass is 10.0. The first-order chi connectivity index (χ1) is 14.2. The number of rotatable bonds is 11. The van der Waals surface area contributed by atoms with Crippen molar-refractivity contribution >= 4 is 23.8 Å². The van der Waals surface area contributed by atoms with Gasteiger partial charge in [-0.2, -0.15) is 0 Å². The second kappa shape index (κ2) is 9.35. The molecule has 0 aliphatic heterocycles. The fourth-order valence-corrected chi connectivity index (χ4v) is 4.30. The maximum atomic E-state index is 12.8. The second-order valence-corrected chi connectivity index (χ2v) is 8.38. The van der Waals surface area contributed by atoms with Crippen LogP contribution in [0.25, 0.3) is 0 Å². The molecule has 0 aromatic carbocycles. The van der Waals surface area contributed by atoms with Crippen molar-refractivity contribution in [3.8, 4) is 0 Å². The molecular formula is C22H36N2O6. The van der Waals surface area contributed by atoms with Gasteiger partial charge in [0.25, 0.3) is 0 Å². The Bertz CT molecular complexity index is 629. The second-order valence-electron chi connectivity index (χ2n) is 8.38. The minimum atomic E-state index is -1.11. The van der Waals surface area contributed by atoms with Gasteiger partial charge in [0.1, 0.15) is 24.0 Å². The molecule has 4 unspecified atom stereocenters. The number of nitrogens with zero attached hydrogens (tertiary/aromatic N) is 2. The lowest BCUT2D eigenvalue weighted by molar-refractivity contribution is -0.166. The zero-order valence-electron chi connectivity index (χ0n) is 19.2. The van der Waals surface area contributed by atoms with E-state index in [1.165, 1.54) is 0 Å². The summed E-state index contributed by atoms with van der Waals surface area (Å²) in [7, 11) is 0. The zero-order chi connectivity index (χ0) is 22.7. The Morgan fingerprint density at radius 1 is 0.700 bits per heavy atom. The lowest BCUT2D eigenvalue weighted by Gasteiger charge is -2.25. The summed E-state index contributed by atoms with van der Waals surface area (Å²) in [5.41, 5.74) is -2.22. The van der Waals surface area contributed by atoms with Crippen molar-refractivity contribution in [2.24, 2.45) is 22.7 Å². The van der Waals surface area contributed by atoms with Gasteiger partial charge in [-0.25, -0.2) is 0 Å².